The Morgan fingerprint density at radius 1 is 1.47 bits per heavy atom. The summed E-state index contributed by atoms with van der Waals surface area (Å²) in [5.74, 6) is 0.635. The van der Waals surface area contributed by atoms with Crippen LogP contribution >= 0.6 is 0 Å². The maximum atomic E-state index is 12.0. The molecule has 1 aromatic heterocycles. The maximum Gasteiger partial charge on any atom is 0.246 e. The lowest BCUT2D eigenvalue weighted by Gasteiger charge is -2.29. The van der Waals surface area contributed by atoms with Gasteiger partial charge in [-0.15, -0.1) is 0 Å². The molecule has 1 atom stereocenters. The van der Waals surface area contributed by atoms with Crippen LogP contribution in [-0.2, 0) is 22.7 Å². The molecular formula is C12H19N5O2. The number of nitrogens with one attached hydrogen (secondary N) is 1. The van der Waals surface area contributed by atoms with Crippen molar-refractivity contribution in [1.29, 1.82) is 0 Å². The molecule has 0 spiro atoms. The normalized spacial score (nSPS) is 20.4. The van der Waals surface area contributed by atoms with Crippen LogP contribution in [-0.4, -0.2) is 44.1 Å². The van der Waals surface area contributed by atoms with Crippen molar-refractivity contribution in [1.82, 2.24) is 25.0 Å². The van der Waals surface area contributed by atoms with E-state index >= 15 is 0 Å². The Bertz CT molecular complexity index is 482. The number of carbonyl (C=O) groups excluding carboxylic acids is 2. The van der Waals surface area contributed by atoms with E-state index in [1.807, 2.05) is 0 Å². The Balaban J connectivity index is 2.13. The van der Waals surface area contributed by atoms with E-state index in [4.69, 9.17) is 0 Å². The van der Waals surface area contributed by atoms with Crippen LogP contribution in [0.25, 0.3) is 0 Å². The van der Waals surface area contributed by atoms with Gasteiger partial charge in [-0.25, -0.2) is 9.67 Å². The molecule has 7 nitrogen and oxygen atoms in total. The Labute approximate surface area is 112 Å². The van der Waals surface area contributed by atoms with E-state index in [0.29, 0.717) is 11.7 Å². The lowest BCUT2D eigenvalue weighted by atomic mass is 10.2. The largest absolute Gasteiger partial charge is 0.298 e. The molecule has 2 rings (SSSR count). The summed E-state index contributed by atoms with van der Waals surface area (Å²) in [6.45, 7) is 7.00. The van der Waals surface area contributed by atoms with Crippen molar-refractivity contribution in [3.8, 4) is 0 Å². The SMILES string of the molecule is CC(C)Cn1ncnc1CN1C(=O)CNC(C)C1=O. The van der Waals surface area contributed by atoms with E-state index in [0.717, 1.165) is 6.54 Å². The van der Waals surface area contributed by atoms with Crippen LogP contribution in [0.5, 0.6) is 0 Å². The molecule has 0 saturated carbocycles. The molecule has 7 heteroatoms. The minimum absolute atomic E-state index is 0.186. The summed E-state index contributed by atoms with van der Waals surface area (Å²) in [5, 5.41) is 6.99. The summed E-state index contributed by atoms with van der Waals surface area (Å²) in [6.07, 6.45) is 1.46. The van der Waals surface area contributed by atoms with Crippen molar-refractivity contribution in [2.24, 2.45) is 5.92 Å². The van der Waals surface area contributed by atoms with Crippen molar-refractivity contribution in [3.63, 3.8) is 0 Å². The molecule has 0 bridgehead atoms. The number of amides is 2. The van der Waals surface area contributed by atoms with Gasteiger partial charge in [-0.2, -0.15) is 5.10 Å². The molecule has 1 unspecified atom stereocenters. The number of piperazine rings is 1. The van der Waals surface area contributed by atoms with Gasteiger partial charge in [0.05, 0.1) is 19.1 Å². The molecule has 2 heterocycles. The summed E-state index contributed by atoms with van der Waals surface area (Å²) in [6, 6.07) is -0.334. The minimum atomic E-state index is -0.334. The number of imide groups is 1. The lowest BCUT2D eigenvalue weighted by Crippen LogP contribution is -2.56. The molecule has 0 aromatic carbocycles. The number of aromatic nitrogens is 3. The molecule has 104 valence electrons. The van der Waals surface area contributed by atoms with Crippen LogP contribution in [0, 0.1) is 5.92 Å². The molecule has 0 aliphatic carbocycles. The van der Waals surface area contributed by atoms with Gasteiger partial charge in [-0.1, -0.05) is 13.8 Å². The van der Waals surface area contributed by atoms with Gasteiger partial charge in [0.15, 0.2) is 0 Å². The molecule has 1 aromatic rings. The van der Waals surface area contributed by atoms with E-state index in [9.17, 15) is 9.59 Å². The predicted octanol–water partition coefficient (Wildman–Crippen LogP) is -0.219. The third-order valence-corrected chi connectivity index (χ3v) is 3.03. The van der Waals surface area contributed by atoms with Gasteiger partial charge in [-0.05, 0) is 12.8 Å². The monoisotopic (exact) mass is 265 g/mol. The fourth-order valence-electron chi connectivity index (χ4n) is 2.00. The number of nitrogens with zero attached hydrogens (tertiary/aromatic N) is 4. The Morgan fingerprint density at radius 2 is 2.21 bits per heavy atom. The molecule has 0 radical (unpaired) electrons. The quantitative estimate of drug-likeness (QED) is 0.761. The fraction of sp³-hybridized carbons (Fsp3) is 0.667. The predicted molar refractivity (Wildman–Crippen MR) is 67.9 cm³/mol. The van der Waals surface area contributed by atoms with Gasteiger partial charge in [-0.3, -0.25) is 19.8 Å². The Kier molecular flexibility index (Phi) is 3.94. The van der Waals surface area contributed by atoms with E-state index in [1.165, 1.54) is 11.2 Å². The zero-order valence-electron chi connectivity index (χ0n) is 11.5. The second-order valence-electron chi connectivity index (χ2n) is 5.17. The third kappa shape index (κ3) is 2.98. The van der Waals surface area contributed by atoms with Gasteiger partial charge < -0.3 is 0 Å². The topological polar surface area (TPSA) is 80.1 Å². The van der Waals surface area contributed by atoms with Crippen LogP contribution in [0.15, 0.2) is 6.33 Å². The highest BCUT2D eigenvalue weighted by atomic mass is 16.2. The van der Waals surface area contributed by atoms with E-state index in [2.05, 4.69) is 29.2 Å². The zero-order chi connectivity index (χ0) is 14.0. The number of hydrogen-bond donors (Lipinski definition) is 1. The Morgan fingerprint density at radius 3 is 2.89 bits per heavy atom. The van der Waals surface area contributed by atoms with Gasteiger partial charge in [0.25, 0.3) is 0 Å². The van der Waals surface area contributed by atoms with Crippen molar-refractivity contribution in [2.75, 3.05) is 6.54 Å². The second kappa shape index (κ2) is 5.48. The molecule has 1 saturated heterocycles. The van der Waals surface area contributed by atoms with E-state index < -0.39 is 0 Å². The van der Waals surface area contributed by atoms with Crippen molar-refractivity contribution < 1.29 is 9.59 Å². The highest BCUT2D eigenvalue weighted by Gasteiger charge is 2.32. The highest BCUT2D eigenvalue weighted by Crippen LogP contribution is 2.09. The standard InChI is InChI=1S/C12H19N5O2/c1-8(2)5-17-10(14-7-15-17)6-16-11(18)4-13-9(3)12(16)19/h7-9,13H,4-6H2,1-3H3. The fourth-order valence-corrected chi connectivity index (χ4v) is 2.00. The van der Waals surface area contributed by atoms with Gasteiger partial charge in [0.2, 0.25) is 11.8 Å². The smallest absolute Gasteiger partial charge is 0.246 e. The van der Waals surface area contributed by atoms with Gasteiger partial charge in [0.1, 0.15) is 12.2 Å². The maximum absolute atomic E-state index is 12.0. The summed E-state index contributed by atoms with van der Waals surface area (Å²) < 4.78 is 1.75. The van der Waals surface area contributed by atoms with E-state index in [-0.39, 0.29) is 30.9 Å². The van der Waals surface area contributed by atoms with Gasteiger partial charge in [0, 0.05) is 6.54 Å². The highest BCUT2D eigenvalue weighted by molar-refractivity contribution is 6.00. The van der Waals surface area contributed by atoms with Crippen molar-refractivity contribution >= 4 is 11.8 Å². The summed E-state index contributed by atoms with van der Waals surface area (Å²) in [5.41, 5.74) is 0. The number of rotatable bonds is 4. The van der Waals surface area contributed by atoms with Crippen molar-refractivity contribution in [3.05, 3.63) is 12.2 Å². The lowest BCUT2D eigenvalue weighted by molar-refractivity contribution is -0.149. The molecule has 19 heavy (non-hydrogen) atoms. The van der Waals surface area contributed by atoms with Crippen LogP contribution < -0.4 is 5.32 Å². The van der Waals surface area contributed by atoms with Crippen LogP contribution in [0.4, 0.5) is 0 Å². The third-order valence-electron chi connectivity index (χ3n) is 3.03. The zero-order valence-corrected chi connectivity index (χ0v) is 11.5. The summed E-state index contributed by atoms with van der Waals surface area (Å²) >= 11 is 0. The van der Waals surface area contributed by atoms with Gasteiger partial charge >= 0.3 is 0 Å². The van der Waals surface area contributed by atoms with Crippen LogP contribution in [0.1, 0.15) is 26.6 Å². The molecule has 1 aliphatic heterocycles. The summed E-state index contributed by atoms with van der Waals surface area (Å²) in [7, 11) is 0. The molecular weight excluding hydrogens is 246 g/mol. The first-order valence-electron chi connectivity index (χ1n) is 6.43. The average molecular weight is 265 g/mol. The van der Waals surface area contributed by atoms with Crippen LogP contribution in [0.3, 0.4) is 0 Å². The molecule has 1 N–H and O–H groups in total. The Hall–Kier alpha value is -1.76. The molecule has 1 fully saturated rings. The molecule has 1 aliphatic rings. The first kappa shape index (κ1) is 13.7. The first-order chi connectivity index (χ1) is 8.99. The average Bonchev–Trinajstić information content (AvgIpc) is 2.76. The molecule has 2 amide bonds. The minimum Gasteiger partial charge on any atom is -0.298 e. The van der Waals surface area contributed by atoms with Crippen molar-refractivity contribution in [2.45, 2.75) is 39.9 Å². The first-order valence-corrected chi connectivity index (χ1v) is 6.43. The van der Waals surface area contributed by atoms with Crippen LogP contribution in [0.2, 0.25) is 0 Å². The number of carbonyl (C=O) groups is 2. The number of hydrogen-bond acceptors (Lipinski definition) is 5. The summed E-state index contributed by atoms with van der Waals surface area (Å²) in [4.78, 5) is 29.2. The second-order valence-corrected chi connectivity index (χ2v) is 5.17. The van der Waals surface area contributed by atoms with E-state index in [1.54, 1.807) is 11.6 Å².